The van der Waals surface area contributed by atoms with Crippen LogP contribution in [-0.4, -0.2) is 19.8 Å². The molecule has 0 bridgehead atoms. The quantitative estimate of drug-likeness (QED) is 0.739. The Morgan fingerprint density at radius 2 is 2.04 bits per heavy atom. The zero-order chi connectivity index (χ0) is 18.7. The predicted octanol–water partition coefficient (Wildman–Crippen LogP) is 2.39. The highest BCUT2D eigenvalue weighted by Crippen LogP contribution is 2.19. The molecule has 0 saturated heterocycles. The molecule has 1 atom stereocenters. The molecule has 3 aromatic rings. The predicted molar refractivity (Wildman–Crippen MR) is 93.7 cm³/mol. The lowest BCUT2D eigenvalue weighted by atomic mass is 10.1. The van der Waals surface area contributed by atoms with E-state index in [0.29, 0.717) is 22.0 Å². The molecule has 0 aliphatic rings. The van der Waals surface area contributed by atoms with Crippen molar-refractivity contribution in [2.75, 3.05) is 0 Å². The smallest absolute Gasteiger partial charge is 0.254 e. The summed E-state index contributed by atoms with van der Waals surface area (Å²) in [6.45, 7) is 1.66. The summed E-state index contributed by atoms with van der Waals surface area (Å²) in [6.07, 6.45) is -0.659. The minimum atomic E-state index is -0.811. The Balaban J connectivity index is 1.77. The third kappa shape index (κ3) is 3.82. The summed E-state index contributed by atoms with van der Waals surface area (Å²) in [6, 6.07) is 12.0. The number of aryl methyl sites for hydroxylation is 1. The van der Waals surface area contributed by atoms with Crippen LogP contribution in [-0.2, 0) is 13.0 Å². The fourth-order valence-electron chi connectivity index (χ4n) is 2.49. The third-order valence-electron chi connectivity index (χ3n) is 3.91. The highest BCUT2D eigenvalue weighted by molar-refractivity contribution is 6.30. The van der Waals surface area contributed by atoms with Crippen LogP contribution >= 0.6 is 11.6 Å². The lowest BCUT2D eigenvalue weighted by molar-refractivity contribution is 0.174. The fraction of sp³-hybridized carbons (Fsp3) is 0.222. The molecular weight excluding hydrogens is 356 g/mol. The SMILES string of the molecule is Cc1ccc(C#N)n(Cc2nc(C[C@H](O)c3ccc(Cl)cc3)no2)c1=O. The largest absolute Gasteiger partial charge is 0.388 e. The van der Waals surface area contributed by atoms with Crippen LogP contribution in [0.2, 0.25) is 5.02 Å². The summed E-state index contributed by atoms with van der Waals surface area (Å²) >= 11 is 5.83. The highest BCUT2D eigenvalue weighted by atomic mass is 35.5. The van der Waals surface area contributed by atoms with Gasteiger partial charge < -0.3 is 9.63 Å². The molecule has 1 N–H and O–H groups in total. The Labute approximate surface area is 154 Å². The maximum Gasteiger partial charge on any atom is 0.254 e. The van der Waals surface area contributed by atoms with E-state index in [9.17, 15) is 9.90 Å². The lowest BCUT2D eigenvalue weighted by Gasteiger charge is -2.08. The molecule has 3 rings (SSSR count). The number of nitriles is 1. The highest BCUT2D eigenvalue weighted by Gasteiger charge is 2.15. The van der Waals surface area contributed by atoms with Gasteiger partial charge in [0.15, 0.2) is 5.82 Å². The van der Waals surface area contributed by atoms with E-state index in [1.54, 1.807) is 43.3 Å². The molecule has 26 heavy (non-hydrogen) atoms. The maximum absolute atomic E-state index is 12.2. The average Bonchev–Trinajstić information content (AvgIpc) is 3.07. The summed E-state index contributed by atoms with van der Waals surface area (Å²) < 4.78 is 6.44. The Hall–Kier alpha value is -2.95. The standard InChI is InChI=1S/C18H15ClN4O3/c1-11-2-7-14(9-20)23(18(11)25)10-17-21-16(22-26-17)8-15(24)12-3-5-13(19)6-4-12/h2-7,15,24H,8,10H2,1H3/t15-/m0/s1. The Morgan fingerprint density at radius 3 is 2.73 bits per heavy atom. The van der Waals surface area contributed by atoms with E-state index in [-0.39, 0.29) is 30.1 Å². The van der Waals surface area contributed by atoms with E-state index in [2.05, 4.69) is 10.1 Å². The molecule has 0 aliphatic heterocycles. The van der Waals surface area contributed by atoms with E-state index in [4.69, 9.17) is 21.4 Å². The van der Waals surface area contributed by atoms with Crippen molar-refractivity contribution < 1.29 is 9.63 Å². The van der Waals surface area contributed by atoms with Crippen LogP contribution < -0.4 is 5.56 Å². The molecule has 0 spiro atoms. The monoisotopic (exact) mass is 370 g/mol. The third-order valence-corrected chi connectivity index (χ3v) is 4.17. The van der Waals surface area contributed by atoms with Gasteiger partial charge in [0.05, 0.1) is 6.10 Å². The van der Waals surface area contributed by atoms with Gasteiger partial charge in [0, 0.05) is 17.0 Å². The number of rotatable bonds is 5. The molecular formula is C18H15ClN4O3. The molecule has 0 amide bonds. The summed E-state index contributed by atoms with van der Waals surface area (Å²) in [5.41, 5.74) is 1.12. The molecule has 0 saturated carbocycles. The summed E-state index contributed by atoms with van der Waals surface area (Å²) in [5, 5.41) is 23.8. The van der Waals surface area contributed by atoms with Gasteiger partial charge in [0.2, 0.25) is 5.89 Å². The fourth-order valence-corrected chi connectivity index (χ4v) is 2.62. The zero-order valence-electron chi connectivity index (χ0n) is 13.9. The van der Waals surface area contributed by atoms with E-state index in [0.717, 1.165) is 0 Å². The number of pyridine rings is 1. The van der Waals surface area contributed by atoms with Crippen LogP contribution in [0.4, 0.5) is 0 Å². The molecule has 8 heteroatoms. The second-order valence-corrected chi connectivity index (χ2v) is 6.22. The van der Waals surface area contributed by atoms with Crippen LogP contribution in [0, 0.1) is 18.3 Å². The van der Waals surface area contributed by atoms with E-state index in [1.807, 2.05) is 6.07 Å². The molecule has 2 heterocycles. The average molecular weight is 371 g/mol. The number of nitrogens with zero attached hydrogens (tertiary/aromatic N) is 4. The van der Waals surface area contributed by atoms with Crippen molar-refractivity contribution in [3.8, 4) is 6.07 Å². The molecule has 0 unspecified atom stereocenters. The van der Waals surface area contributed by atoms with Crippen LogP contribution in [0.1, 0.15) is 34.6 Å². The molecule has 7 nitrogen and oxygen atoms in total. The first-order chi connectivity index (χ1) is 12.5. The molecule has 1 aromatic carbocycles. The molecule has 2 aromatic heterocycles. The Morgan fingerprint density at radius 1 is 1.31 bits per heavy atom. The van der Waals surface area contributed by atoms with E-state index < -0.39 is 6.10 Å². The van der Waals surface area contributed by atoms with Crippen LogP contribution in [0.3, 0.4) is 0 Å². The number of benzene rings is 1. The molecule has 0 radical (unpaired) electrons. The first-order valence-electron chi connectivity index (χ1n) is 7.83. The van der Waals surface area contributed by atoms with Gasteiger partial charge in [-0.2, -0.15) is 10.2 Å². The van der Waals surface area contributed by atoms with Gasteiger partial charge in [-0.15, -0.1) is 0 Å². The molecule has 132 valence electrons. The Bertz CT molecular complexity index is 1020. The number of aliphatic hydroxyl groups excluding tert-OH is 1. The Kier molecular flexibility index (Phi) is 5.16. The second-order valence-electron chi connectivity index (χ2n) is 5.78. The summed E-state index contributed by atoms with van der Waals surface area (Å²) in [5.74, 6) is 0.495. The summed E-state index contributed by atoms with van der Waals surface area (Å²) in [4.78, 5) is 16.4. The normalized spacial score (nSPS) is 11.9. The lowest BCUT2D eigenvalue weighted by Crippen LogP contribution is -2.25. The topological polar surface area (TPSA) is 105 Å². The van der Waals surface area contributed by atoms with Gasteiger partial charge in [-0.1, -0.05) is 35.0 Å². The van der Waals surface area contributed by atoms with Crippen molar-refractivity contribution in [2.45, 2.75) is 26.0 Å². The minimum absolute atomic E-state index is 0.00650. The van der Waals surface area contributed by atoms with Gasteiger partial charge in [-0.3, -0.25) is 9.36 Å². The second kappa shape index (κ2) is 7.52. The number of halogens is 1. The number of hydrogen-bond acceptors (Lipinski definition) is 6. The van der Waals surface area contributed by atoms with Crippen molar-refractivity contribution >= 4 is 11.6 Å². The maximum atomic E-state index is 12.2. The molecule has 0 aliphatic carbocycles. The van der Waals surface area contributed by atoms with E-state index >= 15 is 0 Å². The van der Waals surface area contributed by atoms with Gasteiger partial charge in [-0.05, 0) is 30.7 Å². The van der Waals surface area contributed by atoms with Crippen LogP contribution in [0.25, 0.3) is 0 Å². The van der Waals surface area contributed by atoms with Crippen LogP contribution in [0.5, 0.6) is 0 Å². The van der Waals surface area contributed by atoms with Crippen molar-refractivity contribution in [2.24, 2.45) is 0 Å². The zero-order valence-corrected chi connectivity index (χ0v) is 14.6. The summed E-state index contributed by atoms with van der Waals surface area (Å²) in [7, 11) is 0. The molecule has 0 fully saturated rings. The van der Waals surface area contributed by atoms with Crippen molar-refractivity contribution in [3.05, 3.63) is 80.3 Å². The van der Waals surface area contributed by atoms with Crippen LogP contribution in [0.15, 0.2) is 45.7 Å². The van der Waals surface area contributed by atoms with Gasteiger partial charge >= 0.3 is 0 Å². The number of aliphatic hydroxyl groups is 1. The number of aromatic nitrogens is 3. The minimum Gasteiger partial charge on any atom is -0.388 e. The van der Waals surface area contributed by atoms with E-state index in [1.165, 1.54) is 4.57 Å². The van der Waals surface area contributed by atoms with Gasteiger partial charge in [-0.25, -0.2) is 0 Å². The van der Waals surface area contributed by atoms with Crippen molar-refractivity contribution in [1.82, 2.24) is 14.7 Å². The first-order valence-corrected chi connectivity index (χ1v) is 8.21. The van der Waals surface area contributed by atoms with Crippen molar-refractivity contribution in [1.29, 1.82) is 5.26 Å². The number of hydrogen-bond donors (Lipinski definition) is 1. The van der Waals surface area contributed by atoms with Crippen molar-refractivity contribution in [3.63, 3.8) is 0 Å². The first kappa shape index (κ1) is 17.9. The van der Waals surface area contributed by atoms with Gasteiger partial charge in [0.1, 0.15) is 18.3 Å². The van der Waals surface area contributed by atoms with Gasteiger partial charge in [0.25, 0.3) is 5.56 Å².